The van der Waals surface area contributed by atoms with Crippen molar-refractivity contribution in [3.05, 3.63) is 17.5 Å². The fraction of sp³-hybridized carbons (Fsp3) is 0.765. The van der Waals surface area contributed by atoms with Crippen molar-refractivity contribution < 1.29 is 4.79 Å². The summed E-state index contributed by atoms with van der Waals surface area (Å²) in [5.74, 6) is 0.292. The fourth-order valence-electron chi connectivity index (χ4n) is 4.64. The predicted molar refractivity (Wildman–Crippen MR) is 84.5 cm³/mol. The van der Waals surface area contributed by atoms with Gasteiger partial charge in [-0.2, -0.15) is 5.10 Å². The Balaban J connectivity index is 1.46. The van der Waals surface area contributed by atoms with Crippen LogP contribution in [0.25, 0.3) is 0 Å². The van der Waals surface area contributed by atoms with Crippen LogP contribution < -0.4 is 5.32 Å². The Bertz CT molecular complexity index is 541. The van der Waals surface area contributed by atoms with E-state index in [-0.39, 0.29) is 11.6 Å². The van der Waals surface area contributed by atoms with E-state index in [2.05, 4.69) is 20.4 Å². The highest BCUT2D eigenvalue weighted by Crippen LogP contribution is 2.38. The van der Waals surface area contributed by atoms with Crippen LogP contribution in [0.4, 0.5) is 0 Å². The summed E-state index contributed by atoms with van der Waals surface area (Å²) in [6, 6.07) is 0.264. The van der Waals surface area contributed by atoms with Crippen molar-refractivity contribution in [1.29, 1.82) is 0 Å². The molecule has 2 heterocycles. The second-order valence-electron chi connectivity index (χ2n) is 7.22. The Hall–Kier alpha value is -1.36. The van der Waals surface area contributed by atoms with Crippen molar-refractivity contribution >= 4 is 5.91 Å². The third kappa shape index (κ3) is 2.35. The van der Waals surface area contributed by atoms with Crippen molar-refractivity contribution in [3.8, 4) is 0 Å². The maximum Gasteiger partial charge on any atom is 0.240 e. The number of carbonyl (C=O) groups is 1. The molecule has 2 aliphatic carbocycles. The maximum absolute atomic E-state index is 13.1. The van der Waals surface area contributed by atoms with Gasteiger partial charge in [-0.3, -0.25) is 14.8 Å². The monoisotopic (exact) mass is 302 g/mol. The Kier molecular flexibility index (Phi) is 3.68. The van der Waals surface area contributed by atoms with E-state index in [0.717, 1.165) is 45.2 Å². The van der Waals surface area contributed by atoms with Gasteiger partial charge in [-0.1, -0.05) is 12.8 Å². The molecule has 4 rings (SSSR count). The molecule has 1 unspecified atom stereocenters. The van der Waals surface area contributed by atoms with Crippen LogP contribution in [0.3, 0.4) is 0 Å². The van der Waals surface area contributed by atoms with E-state index < -0.39 is 0 Å². The minimum Gasteiger partial charge on any atom is -0.351 e. The highest BCUT2D eigenvalue weighted by Gasteiger charge is 2.47. The minimum absolute atomic E-state index is 0.204. The van der Waals surface area contributed by atoms with Crippen molar-refractivity contribution in [1.82, 2.24) is 20.4 Å². The molecule has 22 heavy (non-hydrogen) atoms. The summed E-state index contributed by atoms with van der Waals surface area (Å²) < 4.78 is 0. The van der Waals surface area contributed by atoms with E-state index in [4.69, 9.17) is 0 Å². The van der Waals surface area contributed by atoms with Crippen LogP contribution >= 0.6 is 0 Å². The SMILES string of the molecule is O=C(NC1CCc2cn[nH]c2C1)C1(N2CCCC2)CCCC1. The van der Waals surface area contributed by atoms with Crippen molar-refractivity contribution in [2.24, 2.45) is 0 Å². The van der Waals surface area contributed by atoms with Gasteiger partial charge in [-0.25, -0.2) is 0 Å². The molecule has 1 aliphatic heterocycles. The van der Waals surface area contributed by atoms with Gasteiger partial charge in [0.1, 0.15) is 5.54 Å². The van der Waals surface area contributed by atoms with E-state index in [1.54, 1.807) is 0 Å². The van der Waals surface area contributed by atoms with Gasteiger partial charge >= 0.3 is 0 Å². The molecule has 2 N–H and O–H groups in total. The molecule has 1 atom stereocenters. The van der Waals surface area contributed by atoms with Gasteiger partial charge in [-0.15, -0.1) is 0 Å². The Morgan fingerprint density at radius 1 is 1.27 bits per heavy atom. The largest absolute Gasteiger partial charge is 0.351 e. The molecule has 0 bridgehead atoms. The molecule has 0 radical (unpaired) electrons. The summed E-state index contributed by atoms with van der Waals surface area (Å²) in [6.07, 6.45) is 11.8. The van der Waals surface area contributed by atoms with Crippen molar-refractivity contribution in [2.45, 2.75) is 69.4 Å². The summed E-state index contributed by atoms with van der Waals surface area (Å²) in [4.78, 5) is 15.6. The van der Waals surface area contributed by atoms with Crippen molar-refractivity contribution in [2.75, 3.05) is 13.1 Å². The number of H-pyrrole nitrogens is 1. The summed E-state index contributed by atoms with van der Waals surface area (Å²) in [7, 11) is 0. The smallest absolute Gasteiger partial charge is 0.240 e. The van der Waals surface area contributed by atoms with Crippen LogP contribution in [-0.2, 0) is 17.6 Å². The molecule has 3 aliphatic rings. The van der Waals surface area contributed by atoms with Crippen LogP contribution in [-0.4, -0.2) is 45.7 Å². The molecule has 5 heteroatoms. The third-order valence-electron chi connectivity index (χ3n) is 5.92. The number of amides is 1. The van der Waals surface area contributed by atoms with Crippen LogP contribution in [0.5, 0.6) is 0 Å². The molecule has 2 fully saturated rings. The molecule has 1 saturated heterocycles. The molecule has 120 valence electrons. The summed E-state index contributed by atoms with van der Waals surface area (Å²) in [5.41, 5.74) is 2.32. The first-order valence-electron chi connectivity index (χ1n) is 8.85. The molecule has 0 spiro atoms. The number of nitrogens with one attached hydrogen (secondary N) is 2. The topological polar surface area (TPSA) is 61.0 Å². The lowest BCUT2D eigenvalue weighted by Crippen LogP contribution is -2.58. The third-order valence-corrected chi connectivity index (χ3v) is 5.92. The lowest BCUT2D eigenvalue weighted by atomic mass is 9.90. The van der Waals surface area contributed by atoms with Gasteiger partial charge < -0.3 is 5.32 Å². The van der Waals surface area contributed by atoms with Crippen LogP contribution in [0, 0.1) is 0 Å². The Labute approximate surface area is 131 Å². The summed E-state index contributed by atoms with van der Waals surface area (Å²) in [5, 5.41) is 10.6. The zero-order chi connectivity index (χ0) is 15.0. The van der Waals surface area contributed by atoms with Gasteiger partial charge in [0, 0.05) is 18.2 Å². The number of aromatic amines is 1. The van der Waals surface area contributed by atoms with Gasteiger partial charge in [0.05, 0.1) is 6.20 Å². The maximum atomic E-state index is 13.1. The molecule has 0 aromatic carbocycles. The lowest BCUT2D eigenvalue weighted by Gasteiger charge is -2.38. The first-order chi connectivity index (χ1) is 10.8. The van der Waals surface area contributed by atoms with Gasteiger partial charge in [0.2, 0.25) is 5.91 Å². The van der Waals surface area contributed by atoms with Crippen LogP contribution in [0.1, 0.15) is 56.2 Å². The molecule has 1 aromatic rings. The summed E-state index contributed by atoms with van der Waals surface area (Å²) in [6.45, 7) is 2.20. The number of carbonyl (C=O) groups excluding carboxylic acids is 1. The van der Waals surface area contributed by atoms with Gasteiger partial charge in [0.25, 0.3) is 0 Å². The number of hydrogen-bond donors (Lipinski definition) is 2. The Morgan fingerprint density at radius 2 is 2.05 bits per heavy atom. The normalized spacial score (nSPS) is 27.7. The zero-order valence-electron chi connectivity index (χ0n) is 13.2. The molecule has 5 nitrogen and oxygen atoms in total. The average molecular weight is 302 g/mol. The van der Waals surface area contributed by atoms with E-state index >= 15 is 0 Å². The second-order valence-corrected chi connectivity index (χ2v) is 7.22. The van der Waals surface area contributed by atoms with Crippen LogP contribution in [0.2, 0.25) is 0 Å². The number of aryl methyl sites for hydroxylation is 1. The number of hydrogen-bond acceptors (Lipinski definition) is 3. The molecular weight excluding hydrogens is 276 g/mol. The highest BCUT2D eigenvalue weighted by molar-refractivity contribution is 5.87. The number of rotatable bonds is 3. The zero-order valence-corrected chi connectivity index (χ0v) is 13.2. The first kappa shape index (κ1) is 14.2. The summed E-state index contributed by atoms with van der Waals surface area (Å²) >= 11 is 0. The van der Waals surface area contributed by atoms with E-state index in [0.29, 0.717) is 5.91 Å². The molecule has 1 aromatic heterocycles. The standard InChI is InChI=1S/C17H26N4O/c22-16(17(7-1-2-8-17)21-9-3-4-10-21)19-14-6-5-13-12-18-20-15(13)11-14/h12,14H,1-11H2,(H,18,20)(H,19,22). The van der Waals surface area contributed by atoms with E-state index in [1.807, 2.05) is 6.20 Å². The molecular formula is C17H26N4O. The Morgan fingerprint density at radius 3 is 2.82 bits per heavy atom. The van der Waals surface area contributed by atoms with Gasteiger partial charge in [0.15, 0.2) is 0 Å². The number of nitrogens with zero attached hydrogens (tertiary/aromatic N) is 2. The molecule has 1 saturated carbocycles. The number of fused-ring (bicyclic) bond motifs is 1. The highest BCUT2D eigenvalue weighted by atomic mass is 16.2. The fourth-order valence-corrected chi connectivity index (χ4v) is 4.64. The minimum atomic E-state index is -0.204. The number of likely N-dealkylation sites (tertiary alicyclic amines) is 1. The van der Waals surface area contributed by atoms with Crippen LogP contribution in [0.15, 0.2) is 6.20 Å². The average Bonchev–Trinajstić information content (AvgIpc) is 3.27. The number of aromatic nitrogens is 2. The van der Waals surface area contributed by atoms with Gasteiger partial charge in [-0.05, 0) is 57.2 Å². The predicted octanol–water partition coefficient (Wildman–Crippen LogP) is 1.79. The molecule has 1 amide bonds. The second kappa shape index (κ2) is 5.69. The first-order valence-corrected chi connectivity index (χ1v) is 8.85. The lowest BCUT2D eigenvalue weighted by molar-refractivity contribution is -0.133. The quantitative estimate of drug-likeness (QED) is 0.895. The van der Waals surface area contributed by atoms with Crippen molar-refractivity contribution in [3.63, 3.8) is 0 Å². The van der Waals surface area contributed by atoms with E-state index in [9.17, 15) is 4.79 Å². The van der Waals surface area contributed by atoms with E-state index in [1.165, 1.54) is 36.9 Å².